The monoisotopic (exact) mass is 400 g/mol. The molecule has 0 spiro atoms. The SMILES string of the molecule is CCc1ccc([C@H]2C3=C(C[C@@H](c4ccc(O)cc4)CC3=O)Nc3onc(C)c32)cc1. The van der Waals surface area contributed by atoms with Crippen LogP contribution in [0.3, 0.4) is 0 Å². The number of nitrogens with one attached hydrogen (secondary N) is 1. The summed E-state index contributed by atoms with van der Waals surface area (Å²) in [6.07, 6.45) is 2.15. The molecule has 1 aliphatic heterocycles. The number of Topliss-reactive ketones (excluding diaryl/α,β-unsaturated/α-hetero) is 1. The summed E-state index contributed by atoms with van der Waals surface area (Å²) >= 11 is 0. The summed E-state index contributed by atoms with van der Waals surface area (Å²) in [5, 5.41) is 17.1. The highest BCUT2D eigenvalue weighted by Crippen LogP contribution is 2.49. The minimum absolute atomic E-state index is 0.0676. The Labute approximate surface area is 175 Å². The van der Waals surface area contributed by atoms with Gasteiger partial charge in [0.1, 0.15) is 5.75 Å². The number of aromatic hydroxyl groups is 1. The molecule has 2 heterocycles. The zero-order chi connectivity index (χ0) is 20.8. The van der Waals surface area contributed by atoms with Crippen molar-refractivity contribution in [2.75, 3.05) is 5.32 Å². The van der Waals surface area contributed by atoms with E-state index in [1.54, 1.807) is 12.1 Å². The van der Waals surface area contributed by atoms with Crippen LogP contribution in [0.1, 0.15) is 59.5 Å². The number of carbonyl (C=O) groups is 1. The van der Waals surface area contributed by atoms with Gasteiger partial charge >= 0.3 is 0 Å². The third-order valence-corrected chi connectivity index (χ3v) is 6.34. The summed E-state index contributed by atoms with van der Waals surface area (Å²) in [7, 11) is 0. The fourth-order valence-electron chi connectivity index (χ4n) is 4.73. The number of phenols is 1. The number of hydrogen-bond acceptors (Lipinski definition) is 5. The lowest BCUT2D eigenvalue weighted by molar-refractivity contribution is -0.116. The van der Waals surface area contributed by atoms with Gasteiger partial charge in [0.15, 0.2) is 5.78 Å². The van der Waals surface area contributed by atoms with E-state index in [4.69, 9.17) is 4.52 Å². The molecule has 0 saturated carbocycles. The molecule has 0 amide bonds. The van der Waals surface area contributed by atoms with Crippen molar-refractivity contribution < 1.29 is 14.4 Å². The summed E-state index contributed by atoms with van der Waals surface area (Å²) in [6.45, 7) is 4.06. The molecule has 2 aliphatic rings. The first kappa shape index (κ1) is 18.7. The van der Waals surface area contributed by atoms with E-state index in [2.05, 4.69) is 41.7 Å². The molecular weight excluding hydrogens is 376 g/mol. The van der Waals surface area contributed by atoms with Gasteiger partial charge < -0.3 is 14.9 Å². The number of aryl methyl sites for hydroxylation is 2. The maximum atomic E-state index is 13.4. The summed E-state index contributed by atoms with van der Waals surface area (Å²) in [6, 6.07) is 15.6. The Bertz CT molecular complexity index is 1140. The first-order chi connectivity index (χ1) is 14.5. The van der Waals surface area contributed by atoms with Crippen molar-refractivity contribution in [1.29, 1.82) is 0 Å². The van der Waals surface area contributed by atoms with E-state index in [9.17, 15) is 9.90 Å². The predicted molar refractivity (Wildman–Crippen MR) is 115 cm³/mol. The van der Waals surface area contributed by atoms with Gasteiger partial charge in [0.05, 0.1) is 11.3 Å². The Morgan fingerprint density at radius 3 is 2.47 bits per heavy atom. The number of fused-ring (bicyclic) bond motifs is 1. The number of allylic oxidation sites excluding steroid dienone is 2. The van der Waals surface area contributed by atoms with Crippen molar-refractivity contribution in [2.45, 2.75) is 44.9 Å². The molecule has 1 aliphatic carbocycles. The molecule has 3 aromatic rings. The highest BCUT2D eigenvalue weighted by Gasteiger charge is 2.41. The fraction of sp³-hybridized carbons (Fsp3) is 0.280. The average molecular weight is 400 g/mol. The number of carbonyl (C=O) groups excluding carboxylic acids is 1. The molecule has 152 valence electrons. The number of phenolic OH excluding ortho intramolecular Hbond substituents is 1. The molecule has 5 nitrogen and oxygen atoms in total. The van der Waals surface area contributed by atoms with Crippen molar-refractivity contribution >= 4 is 11.7 Å². The third-order valence-electron chi connectivity index (χ3n) is 6.34. The molecule has 5 rings (SSSR count). The van der Waals surface area contributed by atoms with E-state index in [0.717, 1.165) is 40.1 Å². The van der Waals surface area contributed by atoms with Gasteiger partial charge in [-0.1, -0.05) is 48.5 Å². The first-order valence-electron chi connectivity index (χ1n) is 10.4. The van der Waals surface area contributed by atoms with Crippen LogP contribution in [-0.2, 0) is 11.2 Å². The summed E-state index contributed by atoms with van der Waals surface area (Å²) < 4.78 is 5.58. The standard InChI is InChI=1S/C25H24N2O3/c1-3-15-4-6-17(7-5-15)23-22-14(2)27-30-25(22)26-20-12-18(13-21(29)24(20)23)16-8-10-19(28)11-9-16/h4-11,18,23,26,28H,3,12-13H2,1-2H3/t18-,23-/m1/s1. The van der Waals surface area contributed by atoms with Crippen molar-refractivity contribution in [3.05, 3.63) is 87.7 Å². The van der Waals surface area contributed by atoms with E-state index in [0.29, 0.717) is 18.7 Å². The maximum Gasteiger partial charge on any atom is 0.233 e. The number of ketones is 1. The number of benzene rings is 2. The Morgan fingerprint density at radius 1 is 1.07 bits per heavy atom. The maximum absolute atomic E-state index is 13.4. The van der Waals surface area contributed by atoms with Crippen LogP contribution in [0.25, 0.3) is 0 Å². The van der Waals surface area contributed by atoms with Crippen molar-refractivity contribution in [3.63, 3.8) is 0 Å². The molecule has 1 aromatic heterocycles. The molecule has 0 unspecified atom stereocenters. The lowest BCUT2D eigenvalue weighted by Crippen LogP contribution is -2.29. The van der Waals surface area contributed by atoms with Crippen LogP contribution in [0.5, 0.6) is 5.75 Å². The molecule has 5 heteroatoms. The van der Waals surface area contributed by atoms with Gasteiger partial charge in [0.25, 0.3) is 0 Å². The number of hydrogen-bond donors (Lipinski definition) is 2. The van der Waals surface area contributed by atoms with E-state index in [1.165, 1.54) is 5.56 Å². The molecular formula is C25H24N2O3. The van der Waals surface area contributed by atoms with Gasteiger partial charge in [0.2, 0.25) is 5.88 Å². The lowest BCUT2D eigenvalue weighted by atomic mass is 9.72. The topological polar surface area (TPSA) is 75.4 Å². The highest BCUT2D eigenvalue weighted by atomic mass is 16.5. The summed E-state index contributed by atoms with van der Waals surface area (Å²) in [5.74, 6) is 0.918. The van der Waals surface area contributed by atoms with E-state index >= 15 is 0 Å². The second-order valence-corrected chi connectivity index (χ2v) is 8.18. The second kappa shape index (κ2) is 7.17. The summed E-state index contributed by atoms with van der Waals surface area (Å²) in [4.78, 5) is 13.4. The van der Waals surface area contributed by atoms with Gasteiger partial charge in [-0.25, -0.2) is 0 Å². The van der Waals surface area contributed by atoms with E-state index in [-0.39, 0.29) is 23.4 Å². The van der Waals surface area contributed by atoms with Crippen LogP contribution in [0.4, 0.5) is 5.88 Å². The Kier molecular flexibility index (Phi) is 4.46. The van der Waals surface area contributed by atoms with E-state index in [1.807, 2.05) is 19.1 Å². The van der Waals surface area contributed by atoms with Crippen molar-refractivity contribution in [1.82, 2.24) is 5.16 Å². The van der Waals surface area contributed by atoms with Gasteiger partial charge in [-0.15, -0.1) is 0 Å². The first-order valence-corrected chi connectivity index (χ1v) is 10.4. The van der Waals surface area contributed by atoms with Crippen molar-refractivity contribution in [2.24, 2.45) is 0 Å². The van der Waals surface area contributed by atoms with Gasteiger partial charge in [0, 0.05) is 23.6 Å². The fourth-order valence-corrected chi connectivity index (χ4v) is 4.73. The minimum atomic E-state index is -0.165. The highest BCUT2D eigenvalue weighted by molar-refractivity contribution is 6.01. The zero-order valence-corrected chi connectivity index (χ0v) is 17.1. The molecule has 2 aromatic carbocycles. The molecule has 2 N–H and O–H groups in total. The Morgan fingerprint density at radius 2 is 1.77 bits per heavy atom. The molecule has 0 fully saturated rings. The van der Waals surface area contributed by atoms with Crippen LogP contribution in [0.2, 0.25) is 0 Å². The normalized spacial score (nSPS) is 20.5. The minimum Gasteiger partial charge on any atom is -0.508 e. The van der Waals surface area contributed by atoms with Gasteiger partial charge in [-0.05, 0) is 54.5 Å². The zero-order valence-electron chi connectivity index (χ0n) is 17.1. The Balaban J connectivity index is 1.59. The molecule has 30 heavy (non-hydrogen) atoms. The largest absolute Gasteiger partial charge is 0.508 e. The van der Waals surface area contributed by atoms with Crippen LogP contribution in [-0.4, -0.2) is 16.0 Å². The van der Waals surface area contributed by atoms with E-state index < -0.39 is 0 Å². The van der Waals surface area contributed by atoms with Crippen molar-refractivity contribution in [3.8, 4) is 5.75 Å². The molecule has 0 saturated heterocycles. The number of nitrogens with zero attached hydrogens (tertiary/aromatic N) is 1. The van der Waals surface area contributed by atoms with Crippen LogP contribution < -0.4 is 5.32 Å². The van der Waals surface area contributed by atoms with Gasteiger partial charge in [-0.3, -0.25) is 4.79 Å². The number of aromatic nitrogens is 1. The van der Waals surface area contributed by atoms with Crippen LogP contribution in [0, 0.1) is 6.92 Å². The smallest absolute Gasteiger partial charge is 0.233 e. The lowest BCUT2D eigenvalue weighted by Gasteiger charge is -2.34. The quantitative estimate of drug-likeness (QED) is 0.631. The Hall–Kier alpha value is -3.34. The third kappa shape index (κ3) is 3.02. The summed E-state index contributed by atoms with van der Waals surface area (Å²) in [5.41, 5.74) is 6.91. The average Bonchev–Trinajstić information content (AvgIpc) is 3.13. The van der Waals surface area contributed by atoms with Gasteiger partial charge in [-0.2, -0.15) is 0 Å². The second-order valence-electron chi connectivity index (χ2n) is 8.18. The number of anilines is 1. The number of rotatable bonds is 3. The molecule has 0 radical (unpaired) electrons. The molecule has 0 bridgehead atoms. The molecule has 2 atom stereocenters. The van der Waals surface area contributed by atoms with Crippen LogP contribution >= 0.6 is 0 Å². The van der Waals surface area contributed by atoms with Crippen LogP contribution in [0.15, 0.2) is 64.3 Å². The predicted octanol–water partition coefficient (Wildman–Crippen LogP) is 5.21.